The fraction of sp³-hybridized carbons (Fsp3) is 0.0833. The molecule has 84 valence electrons. The molecular weight excluding hydrogens is 218 g/mol. The average Bonchev–Trinajstić information content (AvgIpc) is 2.71. The average molecular weight is 227 g/mol. The zero-order chi connectivity index (χ0) is 12.4. The summed E-state index contributed by atoms with van der Waals surface area (Å²) in [6, 6.07) is 9.96. The maximum atomic E-state index is 10.7. The van der Waals surface area contributed by atoms with Crippen molar-refractivity contribution in [1.82, 2.24) is 9.78 Å². The van der Waals surface area contributed by atoms with Crippen LogP contribution in [0.1, 0.15) is 21.7 Å². The number of carbonyl (C=O) groups is 1. The van der Waals surface area contributed by atoms with Crippen LogP contribution in [0.5, 0.6) is 0 Å². The van der Waals surface area contributed by atoms with Crippen LogP contribution in [0.4, 0.5) is 0 Å². The van der Waals surface area contributed by atoms with Crippen LogP contribution in [0.3, 0.4) is 0 Å². The van der Waals surface area contributed by atoms with Crippen molar-refractivity contribution < 1.29 is 9.90 Å². The highest BCUT2D eigenvalue weighted by Crippen LogP contribution is 2.13. The highest BCUT2D eigenvalue weighted by atomic mass is 16.4. The minimum atomic E-state index is -0.966. The van der Waals surface area contributed by atoms with Gasteiger partial charge in [-0.2, -0.15) is 10.4 Å². The van der Waals surface area contributed by atoms with Crippen LogP contribution in [-0.2, 0) is 0 Å². The number of aromatic carboxylic acids is 1. The van der Waals surface area contributed by atoms with Gasteiger partial charge in [-0.05, 0) is 37.3 Å². The second kappa shape index (κ2) is 4.10. The van der Waals surface area contributed by atoms with Gasteiger partial charge in [-0.1, -0.05) is 0 Å². The molecule has 0 aliphatic heterocycles. The zero-order valence-electron chi connectivity index (χ0n) is 9.08. The lowest BCUT2D eigenvalue weighted by Gasteiger charge is -2.03. The molecule has 2 aromatic rings. The molecule has 0 spiro atoms. The van der Waals surface area contributed by atoms with E-state index in [1.54, 1.807) is 22.9 Å². The molecule has 0 saturated heterocycles. The smallest absolute Gasteiger partial charge is 0.335 e. The number of aryl methyl sites for hydroxylation is 1. The number of rotatable bonds is 2. The molecule has 5 nitrogen and oxygen atoms in total. The van der Waals surface area contributed by atoms with E-state index in [1.807, 2.05) is 13.0 Å². The van der Waals surface area contributed by atoms with E-state index in [0.717, 1.165) is 11.4 Å². The van der Waals surface area contributed by atoms with E-state index in [1.165, 1.54) is 12.1 Å². The van der Waals surface area contributed by atoms with Crippen LogP contribution in [0.2, 0.25) is 0 Å². The summed E-state index contributed by atoms with van der Waals surface area (Å²) in [6.45, 7) is 1.83. The molecule has 0 aliphatic carbocycles. The Bertz CT molecular complexity index is 606. The first kappa shape index (κ1) is 10.9. The highest BCUT2D eigenvalue weighted by molar-refractivity contribution is 5.87. The molecular formula is C12H9N3O2. The number of carboxylic acids is 1. The molecule has 2 rings (SSSR count). The van der Waals surface area contributed by atoms with E-state index < -0.39 is 5.97 Å². The SMILES string of the molecule is Cc1cc(C#N)nn1-c1ccc(C(=O)O)cc1. The van der Waals surface area contributed by atoms with Gasteiger partial charge < -0.3 is 5.11 Å². The van der Waals surface area contributed by atoms with Gasteiger partial charge in [0, 0.05) is 5.69 Å². The lowest BCUT2D eigenvalue weighted by atomic mass is 10.2. The van der Waals surface area contributed by atoms with Crippen molar-refractivity contribution in [2.24, 2.45) is 0 Å². The molecule has 17 heavy (non-hydrogen) atoms. The molecule has 0 aliphatic rings. The first-order valence-electron chi connectivity index (χ1n) is 4.92. The van der Waals surface area contributed by atoms with Crippen LogP contribution < -0.4 is 0 Å². The summed E-state index contributed by atoms with van der Waals surface area (Å²) < 4.78 is 1.60. The predicted octanol–water partition coefficient (Wildman–Crippen LogP) is 1.75. The van der Waals surface area contributed by atoms with Crippen molar-refractivity contribution in [3.05, 3.63) is 47.3 Å². The summed E-state index contributed by atoms with van der Waals surface area (Å²) >= 11 is 0. The Morgan fingerprint density at radius 2 is 2.06 bits per heavy atom. The zero-order valence-corrected chi connectivity index (χ0v) is 9.08. The lowest BCUT2D eigenvalue weighted by Crippen LogP contribution is -2.01. The van der Waals surface area contributed by atoms with Crippen LogP contribution in [0.15, 0.2) is 30.3 Å². The van der Waals surface area contributed by atoms with E-state index in [2.05, 4.69) is 5.10 Å². The van der Waals surface area contributed by atoms with Gasteiger partial charge in [-0.25, -0.2) is 9.48 Å². The van der Waals surface area contributed by atoms with Crippen molar-refractivity contribution in [1.29, 1.82) is 5.26 Å². The van der Waals surface area contributed by atoms with E-state index in [-0.39, 0.29) is 5.56 Å². The molecule has 5 heteroatoms. The summed E-state index contributed by atoms with van der Waals surface area (Å²) in [4.78, 5) is 10.7. The third-order valence-electron chi connectivity index (χ3n) is 2.36. The van der Waals surface area contributed by atoms with Crippen LogP contribution in [0.25, 0.3) is 5.69 Å². The maximum Gasteiger partial charge on any atom is 0.335 e. The molecule has 0 amide bonds. The monoisotopic (exact) mass is 227 g/mol. The Morgan fingerprint density at radius 3 is 2.53 bits per heavy atom. The fourth-order valence-corrected chi connectivity index (χ4v) is 1.54. The van der Waals surface area contributed by atoms with Gasteiger partial charge in [0.05, 0.1) is 11.3 Å². The summed E-state index contributed by atoms with van der Waals surface area (Å²) in [6.07, 6.45) is 0. The molecule has 0 bridgehead atoms. The third kappa shape index (κ3) is 2.01. The quantitative estimate of drug-likeness (QED) is 0.847. The normalized spacial score (nSPS) is 9.88. The van der Waals surface area contributed by atoms with Crippen LogP contribution in [0, 0.1) is 18.3 Å². The number of aromatic nitrogens is 2. The molecule has 0 unspecified atom stereocenters. The molecule has 0 radical (unpaired) electrons. The number of benzene rings is 1. The van der Waals surface area contributed by atoms with Crippen molar-refractivity contribution >= 4 is 5.97 Å². The Kier molecular flexibility index (Phi) is 2.63. The Hall–Kier alpha value is -2.61. The first-order chi connectivity index (χ1) is 8.11. The summed E-state index contributed by atoms with van der Waals surface area (Å²) in [5, 5.41) is 21.6. The second-order valence-corrected chi connectivity index (χ2v) is 3.55. The summed E-state index contributed by atoms with van der Waals surface area (Å²) in [7, 11) is 0. The van der Waals surface area contributed by atoms with Gasteiger partial charge in [-0.15, -0.1) is 0 Å². The van der Waals surface area contributed by atoms with Crippen molar-refractivity contribution in [3.63, 3.8) is 0 Å². The van der Waals surface area contributed by atoms with Crippen molar-refractivity contribution in [2.75, 3.05) is 0 Å². The summed E-state index contributed by atoms with van der Waals surface area (Å²) in [5.41, 5.74) is 2.11. The molecule has 1 N–H and O–H groups in total. The van der Waals surface area contributed by atoms with E-state index in [0.29, 0.717) is 5.69 Å². The predicted molar refractivity (Wildman–Crippen MR) is 60.0 cm³/mol. The number of carboxylic acid groups (broad SMARTS) is 1. The van der Waals surface area contributed by atoms with E-state index in [9.17, 15) is 4.79 Å². The van der Waals surface area contributed by atoms with Crippen LogP contribution >= 0.6 is 0 Å². The minimum absolute atomic E-state index is 0.221. The van der Waals surface area contributed by atoms with Gasteiger partial charge >= 0.3 is 5.97 Å². The van der Waals surface area contributed by atoms with E-state index >= 15 is 0 Å². The highest BCUT2D eigenvalue weighted by Gasteiger charge is 2.07. The van der Waals surface area contributed by atoms with Gasteiger partial charge in [0.2, 0.25) is 0 Å². The molecule has 1 heterocycles. The number of hydrogen-bond acceptors (Lipinski definition) is 3. The van der Waals surface area contributed by atoms with Crippen molar-refractivity contribution in [3.8, 4) is 11.8 Å². The fourth-order valence-electron chi connectivity index (χ4n) is 1.54. The Morgan fingerprint density at radius 1 is 1.41 bits per heavy atom. The van der Waals surface area contributed by atoms with E-state index in [4.69, 9.17) is 10.4 Å². The minimum Gasteiger partial charge on any atom is -0.478 e. The lowest BCUT2D eigenvalue weighted by molar-refractivity contribution is 0.0697. The van der Waals surface area contributed by atoms with Gasteiger partial charge in [0.1, 0.15) is 6.07 Å². The molecule has 0 atom stereocenters. The number of nitriles is 1. The second-order valence-electron chi connectivity index (χ2n) is 3.55. The summed E-state index contributed by atoms with van der Waals surface area (Å²) in [5.74, 6) is -0.966. The van der Waals surface area contributed by atoms with Gasteiger partial charge in [-0.3, -0.25) is 0 Å². The van der Waals surface area contributed by atoms with Crippen molar-refractivity contribution in [2.45, 2.75) is 6.92 Å². The molecule has 1 aromatic carbocycles. The number of hydrogen-bond donors (Lipinski definition) is 1. The first-order valence-corrected chi connectivity index (χ1v) is 4.92. The topological polar surface area (TPSA) is 78.9 Å². The largest absolute Gasteiger partial charge is 0.478 e. The van der Waals surface area contributed by atoms with Crippen LogP contribution in [-0.4, -0.2) is 20.9 Å². The Balaban J connectivity index is 2.43. The molecule has 1 aromatic heterocycles. The maximum absolute atomic E-state index is 10.7. The molecule has 0 saturated carbocycles. The van der Waals surface area contributed by atoms with Gasteiger partial charge in [0.15, 0.2) is 5.69 Å². The van der Waals surface area contributed by atoms with Gasteiger partial charge in [0.25, 0.3) is 0 Å². The molecule has 0 fully saturated rings. The Labute approximate surface area is 97.5 Å². The third-order valence-corrected chi connectivity index (χ3v) is 2.36. The number of nitrogens with zero attached hydrogens (tertiary/aromatic N) is 3. The standard InChI is InChI=1S/C12H9N3O2/c1-8-6-10(7-13)14-15(8)11-4-2-9(3-5-11)12(16)17/h2-6H,1H3,(H,16,17).